The molecule has 1 aromatic carbocycles. The lowest BCUT2D eigenvalue weighted by Crippen LogP contribution is -2.17. The highest BCUT2D eigenvalue weighted by molar-refractivity contribution is 9.10. The van der Waals surface area contributed by atoms with Crippen LogP contribution in [0.4, 0.5) is 5.69 Å². The molecule has 94 valence electrons. The molecule has 1 aromatic heterocycles. The van der Waals surface area contributed by atoms with Gasteiger partial charge < -0.3 is 15.0 Å². The van der Waals surface area contributed by atoms with Gasteiger partial charge in [0.1, 0.15) is 6.61 Å². The Labute approximate surface area is 114 Å². The van der Waals surface area contributed by atoms with Crippen LogP contribution in [-0.4, -0.2) is 23.2 Å². The molecule has 0 bridgehead atoms. The lowest BCUT2D eigenvalue weighted by atomic mass is 10.1. The summed E-state index contributed by atoms with van der Waals surface area (Å²) in [5.41, 5.74) is 1.87. The standard InChI is InChI=1S/C13H14BrN3O/c1-13(2)7-18-12(17-13)16-9-4-3-8-5-6-15-11(8)10(9)14/h3-6,15H,7H2,1-2H3,(H,16,17). The van der Waals surface area contributed by atoms with Gasteiger partial charge in [-0.1, -0.05) is 6.07 Å². The molecule has 0 saturated carbocycles. The summed E-state index contributed by atoms with van der Waals surface area (Å²) in [4.78, 5) is 7.68. The smallest absolute Gasteiger partial charge is 0.289 e. The number of anilines is 1. The molecule has 0 radical (unpaired) electrons. The number of hydrogen-bond donors (Lipinski definition) is 2. The normalized spacial score (nSPS) is 17.6. The number of benzene rings is 1. The van der Waals surface area contributed by atoms with E-state index >= 15 is 0 Å². The van der Waals surface area contributed by atoms with E-state index in [1.807, 2.05) is 32.2 Å². The first kappa shape index (κ1) is 11.6. The number of aliphatic imine (C=N–C) groups is 1. The molecule has 2 heterocycles. The predicted molar refractivity (Wildman–Crippen MR) is 77.1 cm³/mol. The zero-order chi connectivity index (χ0) is 12.8. The fourth-order valence-electron chi connectivity index (χ4n) is 1.95. The zero-order valence-electron chi connectivity index (χ0n) is 10.2. The number of amidine groups is 1. The van der Waals surface area contributed by atoms with Crippen molar-refractivity contribution >= 4 is 38.5 Å². The van der Waals surface area contributed by atoms with Crippen molar-refractivity contribution in [1.82, 2.24) is 4.98 Å². The zero-order valence-corrected chi connectivity index (χ0v) is 11.8. The molecule has 2 N–H and O–H groups in total. The molecule has 2 aromatic rings. The summed E-state index contributed by atoms with van der Waals surface area (Å²) >= 11 is 3.59. The van der Waals surface area contributed by atoms with Gasteiger partial charge in [0.15, 0.2) is 0 Å². The topological polar surface area (TPSA) is 49.4 Å². The number of fused-ring (bicyclic) bond motifs is 1. The number of aromatic nitrogens is 1. The van der Waals surface area contributed by atoms with Crippen molar-refractivity contribution in [2.45, 2.75) is 19.4 Å². The van der Waals surface area contributed by atoms with Crippen molar-refractivity contribution < 1.29 is 4.74 Å². The fraction of sp³-hybridized carbons (Fsp3) is 0.308. The number of hydrogen-bond acceptors (Lipinski definition) is 3. The molecular weight excluding hydrogens is 294 g/mol. The Morgan fingerprint density at radius 3 is 2.94 bits per heavy atom. The minimum Gasteiger partial charge on any atom is -0.462 e. The highest BCUT2D eigenvalue weighted by Crippen LogP contribution is 2.31. The van der Waals surface area contributed by atoms with Gasteiger partial charge in [0.25, 0.3) is 6.02 Å². The number of halogens is 1. The third-order valence-corrected chi connectivity index (χ3v) is 3.70. The van der Waals surface area contributed by atoms with E-state index in [0.717, 1.165) is 15.7 Å². The molecule has 0 amide bonds. The molecule has 0 fully saturated rings. The first-order valence-corrected chi connectivity index (χ1v) is 6.60. The van der Waals surface area contributed by atoms with Gasteiger partial charge in [-0.05, 0) is 41.9 Å². The second-order valence-electron chi connectivity index (χ2n) is 5.01. The van der Waals surface area contributed by atoms with Crippen molar-refractivity contribution in [3.05, 3.63) is 28.9 Å². The van der Waals surface area contributed by atoms with Crippen molar-refractivity contribution in [3.8, 4) is 0 Å². The highest BCUT2D eigenvalue weighted by atomic mass is 79.9. The summed E-state index contributed by atoms with van der Waals surface area (Å²) in [6.07, 6.45) is 1.92. The number of nitrogens with one attached hydrogen (secondary N) is 2. The molecule has 0 spiro atoms. The van der Waals surface area contributed by atoms with E-state index in [2.05, 4.69) is 37.3 Å². The third-order valence-electron chi connectivity index (χ3n) is 2.87. The highest BCUT2D eigenvalue weighted by Gasteiger charge is 2.26. The predicted octanol–water partition coefficient (Wildman–Crippen LogP) is 3.51. The van der Waals surface area contributed by atoms with E-state index in [4.69, 9.17) is 4.74 Å². The van der Waals surface area contributed by atoms with Crippen LogP contribution in [0.1, 0.15) is 13.8 Å². The third kappa shape index (κ3) is 1.99. The minimum absolute atomic E-state index is 0.147. The lowest BCUT2D eigenvalue weighted by molar-refractivity contribution is 0.278. The van der Waals surface area contributed by atoms with E-state index in [1.54, 1.807) is 0 Å². The summed E-state index contributed by atoms with van der Waals surface area (Å²) < 4.78 is 6.52. The van der Waals surface area contributed by atoms with Gasteiger partial charge in [-0.25, -0.2) is 4.99 Å². The second-order valence-corrected chi connectivity index (χ2v) is 5.81. The largest absolute Gasteiger partial charge is 0.462 e. The molecule has 4 nitrogen and oxygen atoms in total. The molecule has 1 aliphatic heterocycles. The summed E-state index contributed by atoms with van der Waals surface area (Å²) in [7, 11) is 0. The van der Waals surface area contributed by atoms with Crippen molar-refractivity contribution in [3.63, 3.8) is 0 Å². The van der Waals surface area contributed by atoms with Crippen LogP contribution in [0.2, 0.25) is 0 Å². The molecule has 0 saturated heterocycles. The Morgan fingerprint density at radius 1 is 1.39 bits per heavy atom. The van der Waals surface area contributed by atoms with Gasteiger partial charge in [0.05, 0.1) is 21.2 Å². The number of nitrogens with zero attached hydrogens (tertiary/aromatic N) is 1. The molecule has 5 heteroatoms. The van der Waals surface area contributed by atoms with Crippen molar-refractivity contribution in [2.75, 3.05) is 11.9 Å². The summed E-state index contributed by atoms with van der Waals surface area (Å²) in [5, 5.41) is 4.38. The Bertz CT molecular complexity index is 630. The van der Waals surface area contributed by atoms with Gasteiger partial charge in [0.2, 0.25) is 0 Å². The molecule has 18 heavy (non-hydrogen) atoms. The maximum Gasteiger partial charge on any atom is 0.289 e. The van der Waals surface area contributed by atoms with Crippen LogP contribution in [0.3, 0.4) is 0 Å². The van der Waals surface area contributed by atoms with Gasteiger partial charge >= 0.3 is 0 Å². The minimum atomic E-state index is -0.147. The first-order valence-electron chi connectivity index (χ1n) is 5.80. The monoisotopic (exact) mass is 307 g/mol. The number of rotatable bonds is 1. The molecular formula is C13H14BrN3O. The SMILES string of the molecule is CC1(C)COC(Nc2ccc3cc[nH]c3c2Br)=N1. The maximum atomic E-state index is 5.53. The summed E-state index contributed by atoms with van der Waals surface area (Å²) in [6.45, 7) is 4.70. The number of aromatic amines is 1. The summed E-state index contributed by atoms with van der Waals surface area (Å²) in [5.74, 6) is 0. The second kappa shape index (κ2) is 4.02. The average molecular weight is 308 g/mol. The quantitative estimate of drug-likeness (QED) is 0.847. The molecule has 0 aliphatic carbocycles. The molecule has 0 unspecified atom stereocenters. The van der Waals surface area contributed by atoms with Crippen LogP contribution in [0.15, 0.2) is 33.9 Å². The van der Waals surface area contributed by atoms with Crippen LogP contribution in [0.25, 0.3) is 10.9 Å². The van der Waals surface area contributed by atoms with Gasteiger partial charge in [0, 0.05) is 11.6 Å². The lowest BCUT2D eigenvalue weighted by Gasteiger charge is -2.08. The van der Waals surface area contributed by atoms with E-state index in [-0.39, 0.29) is 5.54 Å². The van der Waals surface area contributed by atoms with Crippen LogP contribution in [0, 0.1) is 0 Å². The Balaban J connectivity index is 1.94. The van der Waals surface area contributed by atoms with E-state index < -0.39 is 0 Å². The van der Waals surface area contributed by atoms with E-state index in [0.29, 0.717) is 12.6 Å². The average Bonchev–Trinajstić information content (AvgIpc) is 2.89. The van der Waals surface area contributed by atoms with Gasteiger partial charge in [-0.2, -0.15) is 0 Å². The Morgan fingerprint density at radius 2 is 2.22 bits per heavy atom. The molecule has 0 atom stereocenters. The molecule has 1 aliphatic rings. The van der Waals surface area contributed by atoms with E-state index in [1.165, 1.54) is 5.39 Å². The van der Waals surface area contributed by atoms with Crippen LogP contribution >= 0.6 is 15.9 Å². The first-order chi connectivity index (χ1) is 8.55. The maximum absolute atomic E-state index is 5.53. The van der Waals surface area contributed by atoms with Gasteiger partial charge in [-0.3, -0.25) is 0 Å². The fourth-order valence-corrected chi connectivity index (χ4v) is 2.53. The number of H-pyrrole nitrogens is 1. The van der Waals surface area contributed by atoms with Crippen molar-refractivity contribution in [1.29, 1.82) is 0 Å². The Hall–Kier alpha value is -1.49. The summed E-state index contributed by atoms with van der Waals surface area (Å²) in [6, 6.07) is 6.68. The van der Waals surface area contributed by atoms with Crippen LogP contribution in [-0.2, 0) is 4.74 Å². The Kier molecular flexibility index (Phi) is 2.59. The van der Waals surface area contributed by atoms with Crippen LogP contribution < -0.4 is 5.32 Å². The van der Waals surface area contributed by atoms with Crippen LogP contribution in [0.5, 0.6) is 0 Å². The van der Waals surface area contributed by atoms with Crippen molar-refractivity contribution in [2.24, 2.45) is 4.99 Å². The van der Waals surface area contributed by atoms with E-state index in [9.17, 15) is 0 Å². The van der Waals surface area contributed by atoms with Gasteiger partial charge in [-0.15, -0.1) is 0 Å². The molecule has 3 rings (SSSR count). The number of ether oxygens (including phenoxy) is 1.